The Kier molecular flexibility index (Phi) is 8.72. The number of carbonyl (C=O) groups is 3. The lowest BCUT2D eigenvalue weighted by molar-refractivity contribution is -0.125. The quantitative estimate of drug-likeness (QED) is 0.209. The van der Waals surface area contributed by atoms with Gasteiger partial charge in [0.25, 0.3) is 5.91 Å². The Hall–Kier alpha value is -4.65. The van der Waals surface area contributed by atoms with Crippen molar-refractivity contribution in [3.63, 3.8) is 0 Å². The summed E-state index contributed by atoms with van der Waals surface area (Å²) in [5, 5.41) is 4.11. The Morgan fingerprint density at radius 3 is 2.42 bits per heavy atom. The molecule has 0 bridgehead atoms. The van der Waals surface area contributed by atoms with Crippen LogP contribution in [-0.4, -0.2) is 35.3 Å². The lowest BCUT2D eigenvalue weighted by atomic mass is 10.1. The van der Waals surface area contributed by atoms with E-state index in [1.807, 2.05) is 85.8 Å². The van der Waals surface area contributed by atoms with Gasteiger partial charge in [0, 0.05) is 17.5 Å². The number of rotatable bonds is 12. The van der Waals surface area contributed by atoms with Crippen LogP contribution < -0.4 is 15.8 Å². The van der Waals surface area contributed by atoms with E-state index in [-0.39, 0.29) is 6.61 Å². The van der Waals surface area contributed by atoms with Crippen LogP contribution in [0.15, 0.2) is 91.0 Å². The lowest BCUT2D eigenvalue weighted by Crippen LogP contribution is -2.38. The number of amides is 2. The van der Waals surface area contributed by atoms with Gasteiger partial charge in [-0.15, -0.1) is 0 Å². The molecule has 4 aromatic rings. The van der Waals surface area contributed by atoms with E-state index in [9.17, 15) is 14.4 Å². The fourth-order valence-corrected chi connectivity index (χ4v) is 4.54. The van der Waals surface area contributed by atoms with E-state index < -0.39 is 17.9 Å². The fourth-order valence-electron chi connectivity index (χ4n) is 4.54. The molecule has 0 aliphatic carbocycles. The van der Waals surface area contributed by atoms with Gasteiger partial charge in [0.05, 0.1) is 22.5 Å². The second-order valence-electron chi connectivity index (χ2n) is 8.92. The highest BCUT2D eigenvalue weighted by molar-refractivity contribution is 6.19. The highest BCUT2D eigenvalue weighted by atomic mass is 16.5. The molecular weight excluding hydrogens is 478 g/mol. The van der Waals surface area contributed by atoms with Crippen LogP contribution in [0, 0.1) is 0 Å². The van der Waals surface area contributed by atoms with Crippen molar-refractivity contribution in [2.45, 2.75) is 32.4 Å². The number of hydrogen-bond acceptors (Lipinski definition) is 4. The smallest absolute Gasteiger partial charge is 0.258 e. The molecule has 38 heavy (non-hydrogen) atoms. The molecule has 3 N–H and O–H groups in total. The first-order valence-corrected chi connectivity index (χ1v) is 12.6. The molecule has 0 fully saturated rings. The maximum absolute atomic E-state index is 12.6. The SMILES string of the molecule is C/C=C\C=C/CCC(C=O)NC(=O)COc1cccc2c1c1c(C(N)=O)cccc1n2Cc1ccccc1. The van der Waals surface area contributed by atoms with E-state index >= 15 is 0 Å². The van der Waals surface area contributed by atoms with Gasteiger partial charge in [-0.25, -0.2) is 0 Å². The molecule has 7 nitrogen and oxygen atoms in total. The van der Waals surface area contributed by atoms with E-state index in [2.05, 4.69) is 9.88 Å². The Bertz CT molecular complexity index is 1500. The summed E-state index contributed by atoms with van der Waals surface area (Å²) in [5.41, 5.74) is 8.92. The predicted octanol–water partition coefficient (Wildman–Crippen LogP) is 4.92. The molecular formula is C31H31N3O4. The van der Waals surface area contributed by atoms with E-state index in [1.54, 1.807) is 12.1 Å². The number of aldehydes is 1. The second kappa shape index (κ2) is 12.5. The van der Waals surface area contributed by atoms with Gasteiger partial charge >= 0.3 is 0 Å². The third kappa shape index (κ3) is 6.00. The van der Waals surface area contributed by atoms with Crippen molar-refractivity contribution in [1.82, 2.24) is 9.88 Å². The zero-order chi connectivity index (χ0) is 26.9. The Morgan fingerprint density at radius 1 is 0.974 bits per heavy atom. The van der Waals surface area contributed by atoms with Crippen LogP contribution in [0.5, 0.6) is 5.75 Å². The second-order valence-corrected chi connectivity index (χ2v) is 8.92. The Labute approximate surface area is 221 Å². The average Bonchev–Trinajstić information content (AvgIpc) is 3.25. The van der Waals surface area contributed by atoms with Crippen molar-refractivity contribution in [3.8, 4) is 5.75 Å². The minimum absolute atomic E-state index is 0.276. The van der Waals surface area contributed by atoms with Gasteiger partial charge in [0.1, 0.15) is 12.0 Å². The van der Waals surface area contributed by atoms with E-state index in [4.69, 9.17) is 10.5 Å². The molecule has 0 aliphatic rings. The van der Waals surface area contributed by atoms with Crippen molar-refractivity contribution in [2.75, 3.05) is 6.61 Å². The summed E-state index contributed by atoms with van der Waals surface area (Å²) >= 11 is 0. The van der Waals surface area contributed by atoms with Gasteiger partial charge in [-0.1, -0.05) is 66.8 Å². The molecule has 2 amide bonds. The molecule has 1 heterocycles. The molecule has 3 aromatic carbocycles. The number of primary amides is 1. The minimum Gasteiger partial charge on any atom is -0.483 e. The van der Waals surface area contributed by atoms with Crippen molar-refractivity contribution >= 4 is 39.9 Å². The number of carbonyl (C=O) groups excluding carboxylic acids is 3. The van der Waals surface area contributed by atoms with Crippen LogP contribution in [-0.2, 0) is 16.1 Å². The number of fused-ring (bicyclic) bond motifs is 3. The average molecular weight is 510 g/mol. The first-order chi connectivity index (χ1) is 18.5. The molecule has 1 unspecified atom stereocenters. The number of hydrogen-bond donors (Lipinski definition) is 2. The van der Waals surface area contributed by atoms with Gasteiger partial charge in [0.2, 0.25) is 5.91 Å². The van der Waals surface area contributed by atoms with Crippen molar-refractivity contribution in [1.29, 1.82) is 0 Å². The van der Waals surface area contributed by atoms with Gasteiger partial charge < -0.3 is 25.1 Å². The molecule has 1 aromatic heterocycles. The molecule has 0 aliphatic heterocycles. The third-order valence-electron chi connectivity index (χ3n) is 6.28. The molecule has 1 atom stereocenters. The fraction of sp³-hybridized carbons (Fsp3) is 0.194. The number of ether oxygens (including phenoxy) is 1. The van der Waals surface area contributed by atoms with Gasteiger partial charge in [-0.3, -0.25) is 9.59 Å². The Morgan fingerprint density at radius 2 is 1.71 bits per heavy atom. The highest BCUT2D eigenvalue weighted by Crippen LogP contribution is 2.38. The summed E-state index contributed by atoms with van der Waals surface area (Å²) in [5.74, 6) is -0.487. The summed E-state index contributed by atoms with van der Waals surface area (Å²) < 4.78 is 8.09. The zero-order valence-electron chi connectivity index (χ0n) is 21.3. The van der Waals surface area contributed by atoms with Crippen molar-refractivity contribution in [2.24, 2.45) is 5.73 Å². The number of aromatic nitrogens is 1. The van der Waals surface area contributed by atoms with Gasteiger partial charge in [0.15, 0.2) is 6.61 Å². The van der Waals surface area contributed by atoms with E-state index in [1.165, 1.54) is 0 Å². The van der Waals surface area contributed by atoms with Crippen LogP contribution in [0.2, 0.25) is 0 Å². The molecule has 7 heteroatoms. The molecule has 0 radical (unpaired) electrons. The normalized spacial score (nSPS) is 12.3. The van der Waals surface area contributed by atoms with Crippen molar-refractivity contribution in [3.05, 3.63) is 102 Å². The summed E-state index contributed by atoms with van der Waals surface area (Å²) in [6.07, 6.45) is 9.56. The lowest BCUT2D eigenvalue weighted by Gasteiger charge is -2.13. The van der Waals surface area contributed by atoms with Crippen molar-refractivity contribution < 1.29 is 19.1 Å². The predicted molar refractivity (Wildman–Crippen MR) is 150 cm³/mol. The number of benzene rings is 3. The van der Waals surface area contributed by atoms with Crippen LogP contribution in [0.1, 0.15) is 35.7 Å². The molecule has 0 spiro atoms. The maximum atomic E-state index is 12.6. The summed E-state index contributed by atoms with van der Waals surface area (Å²) in [6, 6.07) is 20.4. The number of nitrogens with zero attached hydrogens (tertiary/aromatic N) is 1. The van der Waals surface area contributed by atoms with Gasteiger partial charge in [-0.2, -0.15) is 0 Å². The van der Waals surface area contributed by atoms with Crippen LogP contribution in [0.25, 0.3) is 21.8 Å². The topological polar surface area (TPSA) is 103 Å². The minimum atomic E-state index is -0.605. The number of nitrogens with two attached hydrogens (primary N) is 1. The largest absolute Gasteiger partial charge is 0.483 e. The maximum Gasteiger partial charge on any atom is 0.258 e. The van der Waals surface area contributed by atoms with Gasteiger partial charge in [-0.05, 0) is 49.6 Å². The summed E-state index contributed by atoms with van der Waals surface area (Å²) in [7, 11) is 0. The summed E-state index contributed by atoms with van der Waals surface area (Å²) in [4.78, 5) is 36.5. The number of nitrogens with one attached hydrogen (secondary N) is 1. The Balaban J connectivity index is 1.62. The first-order valence-electron chi connectivity index (χ1n) is 12.6. The standard InChI is InChI=1S/C31H31N3O4/c1-2-3-4-5-9-14-23(20-35)33-28(36)21-38-27-18-11-17-26-30(27)29-24(31(32)37)15-10-16-25(29)34(26)19-22-12-7-6-8-13-22/h2-8,10-13,15-18,20,23H,9,14,19,21H2,1H3,(H2,32,37)(H,33,36)/b3-2-,5-4-. The monoisotopic (exact) mass is 509 g/mol. The number of allylic oxidation sites excluding steroid dienone is 4. The first kappa shape index (κ1) is 26.4. The molecule has 0 saturated carbocycles. The van der Waals surface area contributed by atoms with Crippen LogP contribution in [0.4, 0.5) is 0 Å². The van der Waals surface area contributed by atoms with E-state index in [0.29, 0.717) is 41.5 Å². The molecule has 4 rings (SSSR count). The molecule has 0 saturated heterocycles. The summed E-state index contributed by atoms with van der Waals surface area (Å²) in [6.45, 7) is 2.23. The highest BCUT2D eigenvalue weighted by Gasteiger charge is 2.20. The zero-order valence-corrected chi connectivity index (χ0v) is 21.3. The van der Waals surface area contributed by atoms with E-state index in [0.717, 1.165) is 22.9 Å². The van der Waals surface area contributed by atoms with Crippen LogP contribution in [0.3, 0.4) is 0 Å². The third-order valence-corrected chi connectivity index (χ3v) is 6.28. The van der Waals surface area contributed by atoms with Crippen LogP contribution >= 0.6 is 0 Å². The molecule has 194 valence electrons.